The van der Waals surface area contributed by atoms with E-state index in [0.29, 0.717) is 15.7 Å². The number of ketones is 1. The summed E-state index contributed by atoms with van der Waals surface area (Å²) in [4.78, 5) is 24.4. The number of ether oxygens (including phenoxy) is 1. The second kappa shape index (κ2) is 4.33. The largest absolute Gasteiger partial charge is 0.469 e. The topological polar surface area (TPSA) is 43.4 Å². The van der Waals surface area contributed by atoms with Crippen molar-refractivity contribution in [3.05, 3.63) is 12.2 Å². The van der Waals surface area contributed by atoms with Crippen molar-refractivity contribution in [2.24, 2.45) is 5.92 Å². The predicted octanol–water partition coefficient (Wildman–Crippen LogP) is 1.34. The maximum Gasteiger partial charge on any atom is 0.315 e. The fourth-order valence-corrected chi connectivity index (χ4v) is 6.43. The molecule has 0 amide bonds. The molecule has 0 aromatic carbocycles. The Kier molecular flexibility index (Phi) is 3.11. The first-order chi connectivity index (χ1) is 8.94. The molecule has 6 heteroatoms. The number of methoxy groups -OCH3 is 1. The molecule has 2 saturated heterocycles. The fraction of sp³-hybridized carbons (Fsp3) is 0.692. The zero-order chi connectivity index (χ0) is 13.8. The molecule has 3 aliphatic rings. The molecular formula is C13H17BrNO3S+. The first kappa shape index (κ1) is 13.6. The van der Waals surface area contributed by atoms with E-state index in [-0.39, 0.29) is 23.7 Å². The summed E-state index contributed by atoms with van der Waals surface area (Å²) in [6, 6.07) is 0.0537. The lowest BCUT2D eigenvalue weighted by Crippen LogP contribution is -2.69. The molecular weight excluding hydrogens is 330 g/mol. The third-order valence-electron chi connectivity index (χ3n) is 4.81. The molecule has 0 aromatic heterocycles. The molecule has 0 saturated carbocycles. The van der Waals surface area contributed by atoms with E-state index in [2.05, 4.69) is 23.0 Å². The number of hydrogen-bond acceptors (Lipinski definition) is 4. The van der Waals surface area contributed by atoms with Crippen molar-refractivity contribution in [3.8, 4) is 0 Å². The van der Waals surface area contributed by atoms with Crippen molar-refractivity contribution in [2.45, 2.75) is 22.2 Å². The Morgan fingerprint density at radius 2 is 2.37 bits per heavy atom. The highest BCUT2D eigenvalue weighted by atomic mass is 79.9. The first-order valence-corrected chi connectivity index (χ1v) is 8.28. The van der Waals surface area contributed by atoms with Gasteiger partial charge < -0.3 is 4.74 Å². The maximum absolute atomic E-state index is 12.5. The van der Waals surface area contributed by atoms with Crippen LogP contribution in [-0.4, -0.2) is 58.4 Å². The molecule has 0 radical (unpaired) electrons. The zero-order valence-electron chi connectivity index (χ0n) is 11.0. The van der Waals surface area contributed by atoms with Crippen LogP contribution in [0.2, 0.25) is 0 Å². The Hall–Kier alpha value is -0.330. The van der Waals surface area contributed by atoms with Crippen LogP contribution in [0.1, 0.15) is 6.42 Å². The molecule has 5 atom stereocenters. The number of carbonyl (C=O) groups is 2. The highest BCUT2D eigenvalue weighted by Crippen LogP contribution is 2.56. The van der Waals surface area contributed by atoms with Gasteiger partial charge in [0.25, 0.3) is 0 Å². The van der Waals surface area contributed by atoms with Gasteiger partial charge in [0.2, 0.25) is 10.7 Å². The molecule has 0 aliphatic carbocycles. The molecule has 19 heavy (non-hydrogen) atoms. The number of hydrogen-bond donors (Lipinski definition) is 0. The Balaban J connectivity index is 2.08. The van der Waals surface area contributed by atoms with Gasteiger partial charge >= 0.3 is 5.97 Å². The maximum atomic E-state index is 12.5. The highest BCUT2D eigenvalue weighted by Gasteiger charge is 2.70. The van der Waals surface area contributed by atoms with Gasteiger partial charge in [-0.1, -0.05) is 27.7 Å². The van der Waals surface area contributed by atoms with Crippen LogP contribution in [0, 0.1) is 5.92 Å². The number of rotatable bonds is 1. The summed E-state index contributed by atoms with van der Waals surface area (Å²) in [6.07, 6.45) is 4.19. The van der Waals surface area contributed by atoms with Crippen molar-refractivity contribution in [2.75, 3.05) is 26.5 Å². The summed E-state index contributed by atoms with van der Waals surface area (Å²) in [7, 11) is 3.53. The average Bonchev–Trinajstić information content (AvgIpc) is 2.52. The van der Waals surface area contributed by atoms with Gasteiger partial charge in [0.05, 0.1) is 25.5 Å². The van der Waals surface area contributed by atoms with Gasteiger partial charge in [0.1, 0.15) is 12.0 Å². The van der Waals surface area contributed by atoms with Crippen molar-refractivity contribution in [1.82, 2.24) is 0 Å². The van der Waals surface area contributed by atoms with Gasteiger partial charge in [-0.3, -0.25) is 14.1 Å². The van der Waals surface area contributed by atoms with Crippen LogP contribution in [0.5, 0.6) is 0 Å². The number of quaternary nitrogens is 1. The van der Waals surface area contributed by atoms with E-state index in [1.165, 1.54) is 7.11 Å². The molecule has 104 valence electrons. The van der Waals surface area contributed by atoms with Gasteiger partial charge in [-0.05, 0) is 12.2 Å². The van der Waals surface area contributed by atoms with E-state index in [1.807, 2.05) is 6.08 Å². The molecule has 3 heterocycles. The van der Waals surface area contributed by atoms with Crippen molar-refractivity contribution >= 4 is 39.4 Å². The Labute approximate surface area is 125 Å². The van der Waals surface area contributed by atoms with Crippen molar-refractivity contribution < 1.29 is 18.8 Å². The molecule has 5 unspecified atom stereocenters. The minimum absolute atomic E-state index is 0.0537. The van der Waals surface area contributed by atoms with Gasteiger partial charge in [-0.15, -0.1) is 0 Å². The summed E-state index contributed by atoms with van der Waals surface area (Å²) in [5.74, 6) is 0.669. The molecule has 0 N–H and O–H groups in total. The Morgan fingerprint density at radius 3 is 3.05 bits per heavy atom. The number of likely N-dealkylation sites (N-methyl/N-ethyl adjacent to an activating group) is 1. The van der Waals surface area contributed by atoms with E-state index >= 15 is 0 Å². The highest BCUT2D eigenvalue weighted by molar-refractivity contribution is 9.09. The molecule has 2 bridgehead atoms. The minimum Gasteiger partial charge on any atom is -0.469 e. The molecule has 4 nitrogen and oxygen atoms in total. The fourth-order valence-electron chi connectivity index (χ4n) is 3.87. The number of nitrogens with zero attached hydrogens (tertiary/aromatic N) is 1. The number of esters is 1. The SMILES string of the molecule is COC(=O)C1CC23SCC(Br)C[N+]2(C)C1C=CC3=O. The molecule has 0 spiro atoms. The molecule has 0 aromatic rings. The normalized spacial score (nSPS) is 47.9. The lowest BCUT2D eigenvalue weighted by molar-refractivity contribution is -0.939. The second-order valence-corrected chi connectivity index (χ2v) is 8.28. The van der Waals surface area contributed by atoms with Crippen LogP contribution >= 0.6 is 27.7 Å². The van der Waals surface area contributed by atoms with Crippen LogP contribution in [0.25, 0.3) is 0 Å². The van der Waals surface area contributed by atoms with Crippen molar-refractivity contribution in [3.63, 3.8) is 0 Å². The zero-order valence-corrected chi connectivity index (χ0v) is 13.4. The lowest BCUT2D eigenvalue weighted by Gasteiger charge is -2.52. The van der Waals surface area contributed by atoms with Crippen LogP contribution in [-0.2, 0) is 14.3 Å². The van der Waals surface area contributed by atoms with E-state index in [0.717, 1.165) is 12.3 Å². The number of halogens is 1. The number of alkyl halides is 1. The molecule has 3 aliphatic heterocycles. The Morgan fingerprint density at radius 1 is 1.63 bits per heavy atom. The first-order valence-electron chi connectivity index (χ1n) is 6.38. The smallest absolute Gasteiger partial charge is 0.315 e. The van der Waals surface area contributed by atoms with Gasteiger partial charge in [0, 0.05) is 12.2 Å². The quantitative estimate of drug-likeness (QED) is 0.408. The lowest BCUT2D eigenvalue weighted by atomic mass is 10.00. The van der Waals surface area contributed by atoms with Gasteiger partial charge in [-0.2, -0.15) is 0 Å². The number of thioether (sulfide) groups is 1. The van der Waals surface area contributed by atoms with Gasteiger partial charge in [-0.25, -0.2) is 0 Å². The molecule has 2 fully saturated rings. The second-order valence-electron chi connectivity index (χ2n) is 5.69. The average molecular weight is 347 g/mol. The minimum atomic E-state index is -0.484. The summed E-state index contributed by atoms with van der Waals surface area (Å²) in [5.41, 5.74) is 0. The van der Waals surface area contributed by atoms with Gasteiger partial charge in [0.15, 0.2) is 0 Å². The van der Waals surface area contributed by atoms with Crippen LogP contribution in [0.15, 0.2) is 12.2 Å². The monoisotopic (exact) mass is 346 g/mol. The van der Waals surface area contributed by atoms with Crippen molar-refractivity contribution in [1.29, 1.82) is 0 Å². The third kappa shape index (κ3) is 1.63. The summed E-state index contributed by atoms with van der Waals surface area (Å²) >= 11 is 5.37. The van der Waals surface area contributed by atoms with Crippen LogP contribution in [0.4, 0.5) is 0 Å². The standard InChI is InChI=1S/C13H17BrNO3S/c1-15-6-8(14)7-19-13(15)5-9(12(17)18-2)10(15)3-4-11(13)16/h3-4,8-10H,5-7H2,1-2H3/q+1. The molecule has 3 rings (SSSR count). The van der Waals surface area contributed by atoms with E-state index in [1.54, 1.807) is 17.8 Å². The Bertz CT molecular complexity index is 483. The van der Waals surface area contributed by atoms with Crippen LogP contribution in [0.3, 0.4) is 0 Å². The van der Waals surface area contributed by atoms with Crippen LogP contribution < -0.4 is 0 Å². The summed E-state index contributed by atoms with van der Waals surface area (Å²) in [5, 5.41) is 0. The number of carbonyl (C=O) groups excluding carboxylic acids is 2. The van der Waals surface area contributed by atoms with E-state index in [4.69, 9.17) is 4.74 Å². The summed E-state index contributed by atoms with van der Waals surface area (Å²) in [6.45, 7) is 0.876. The predicted molar refractivity (Wildman–Crippen MR) is 77.0 cm³/mol. The van der Waals surface area contributed by atoms with E-state index in [9.17, 15) is 9.59 Å². The van der Waals surface area contributed by atoms with E-state index < -0.39 is 4.87 Å². The summed E-state index contributed by atoms with van der Waals surface area (Å²) < 4.78 is 5.56. The third-order valence-corrected chi connectivity index (χ3v) is 7.68.